The van der Waals surface area contributed by atoms with Gasteiger partial charge in [0.1, 0.15) is 23.0 Å². The molecule has 0 bridgehead atoms. The minimum atomic E-state index is -0.857. The first kappa shape index (κ1) is 17.2. The van der Waals surface area contributed by atoms with Crippen LogP contribution >= 0.6 is 0 Å². The topological polar surface area (TPSA) is 92.9 Å². The van der Waals surface area contributed by atoms with E-state index in [-0.39, 0.29) is 0 Å². The van der Waals surface area contributed by atoms with E-state index in [9.17, 15) is 4.79 Å². The summed E-state index contributed by atoms with van der Waals surface area (Å²) in [5.74, 6) is 1.83. The minimum Gasteiger partial charge on any atom is -0.370 e. The van der Waals surface area contributed by atoms with Gasteiger partial charge < -0.3 is 16.4 Å². The lowest BCUT2D eigenvalue weighted by atomic mass is 10.0. The summed E-state index contributed by atoms with van der Waals surface area (Å²) in [4.78, 5) is 20.6. The van der Waals surface area contributed by atoms with Crippen LogP contribution in [0.2, 0.25) is 0 Å². The van der Waals surface area contributed by atoms with Crippen molar-refractivity contribution in [3.8, 4) is 0 Å². The summed E-state index contributed by atoms with van der Waals surface area (Å²) >= 11 is 0. The van der Waals surface area contributed by atoms with Crippen LogP contribution in [-0.4, -0.2) is 28.0 Å². The number of carbonyl (C=O) groups is 1. The van der Waals surface area contributed by atoms with Crippen LogP contribution in [0.3, 0.4) is 0 Å². The van der Waals surface area contributed by atoms with Gasteiger partial charge >= 0.3 is 0 Å². The highest BCUT2D eigenvalue weighted by atomic mass is 16.1. The van der Waals surface area contributed by atoms with E-state index in [1.54, 1.807) is 13.8 Å². The zero-order valence-corrected chi connectivity index (χ0v) is 13.7. The number of amides is 1. The summed E-state index contributed by atoms with van der Waals surface area (Å²) in [5, 5.41) is 6.45. The van der Waals surface area contributed by atoms with Gasteiger partial charge in [-0.15, -0.1) is 0 Å². The number of nitrogens with zero attached hydrogens (tertiary/aromatic N) is 2. The fraction of sp³-hybridized carbons (Fsp3) is 0.667. The first-order valence-electron chi connectivity index (χ1n) is 7.51. The number of carbonyl (C=O) groups excluding carboxylic acids is 1. The normalized spacial score (nSPS) is 11.3. The lowest BCUT2D eigenvalue weighted by Gasteiger charge is -2.25. The summed E-state index contributed by atoms with van der Waals surface area (Å²) in [6.45, 7) is 10.5. The van der Waals surface area contributed by atoms with Crippen molar-refractivity contribution < 1.29 is 4.79 Å². The molecule has 1 aromatic heterocycles. The quantitative estimate of drug-likeness (QED) is 0.683. The summed E-state index contributed by atoms with van der Waals surface area (Å²) in [6, 6.07) is 0. The van der Waals surface area contributed by atoms with E-state index in [1.165, 1.54) is 0 Å². The highest BCUT2D eigenvalue weighted by Crippen LogP contribution is 2.23. The zero-order chi connectivity index (χ0) is 16.0. The number of hydrogen-bond donors (Lipinski definition) is 3. The van der Waals surface area contributed by atoms with Crippen LogP contribution in [-0.2, 0) is 11.2 Å². The van der Waals surface area contributed by atoms with Gasteiger partial charge in [0.05, 0.1) is 0 Å². The lowest BCUT2D eigenvalue weighted by Crippen LogP contribution is -2.45. The molecule has 1 amide bonds. The molecule has 4 N–H and O–H groups in total. The average molecular weight is 293 g/mol. The Kier molecular flexibility index (Phi) is 5.93. The Morgan fingerprint density at radius 1 is 1.19 bits per heavy atom. The van der Waals surface area contributed by atoms with Crippen LogP contribution in [0, 0.1) is 6.92 Å². The predicted molar refractivity (Wildman–Crippen MR) is 86.4 cm³/mol. The molecule has 0 atom stereocenters. The third-order valence-corrected chi connectivity index (χ3v) is 3.26. The molecule has 0 spiro atoms. The smallest absolute Gasteiger partial charge is 0.242 e. The number of nitrogens with two attached hydrogens (primary N) is 1. The second-order valence-electron chi connectivity index (χ2n) is 5.75. The monoisotopic (exact) mass is 293 g/mol. The SMILES string of the molecule is CCCNc1nc(CCC)nc(NC(C)(C)C(N)=O)c1C. The fourth-order valence-electron chi connectivity index (χ4n) is 1.79. The van der Waals surface area contributed by atoms with Gasteiger partial charge in [-0.05, 0) is 33.6 Å². The molecule has 21 heavy (non-hydrogen) atoms. The van der Waals surface area contributed by atoms with Gasteiger partial charge in [0.2, 0.25) is 5.91 Å². The standard InChI is InChI=1S/C15H27N5O/c1-6-8-11-18-12(17-9-7-2)10(3)13(19-11)20-15(4,5)14(16)21/h6-9H2,1-5H3,(H2,16,21)(H2,17,18,19,20). The van der Waals surface area contributed by atoms with Crippen molar-refractivity contribution in [2.75, 3.05) is 17.2 Å². The molecule has 118 valence electrons. The number of primary amides is 1. The number of rotatable bonds is 8. The largest absolute Gasteiger partial charge is 0.370 e. The van der Waals surface area contributed by atoms with Crippen molar-refractivity contribution in [3.05, 3.63) is 11.4 Å². The number of anilines is 2. The van der Waals surface area contributed by atoms with Crippen molar-refractivity contribution in [2.45, 2.75) is 59.4 Å². The molecule has 1 heterocycles. The maximum absolute atomic E-state index is 11.5. The van der Waals surface area contributed by atoms with Gasteiger partial charge in [-0.1, -0.05) is 13.8 Å². The number of nitrogens with one attached hydrogen (secondary N) is 2. The molecule has 0 saturated heterocycles. The van der Waals surface area contributed by atoms with E-state index in [1.807, 2.05) is 6.92 Å². The van der Waals surface area contributed by atoms with E-state index in [4.69, 9.17) is 5.73 Å². The Hall–Kier alpha value is -1.85. The zero-order valence-electron chi connectivity index (χ0n) is 13.7. The van der Waals surface area contributed by atoms with Crippen LogP contribution in [0.25, 0.3) is 0 Å². The molecular weight excluding hydrogens is 266 g/mol. The maximum Gasteiger partial charge on any atom is 0.242 e. The fourth-order valence-corrected chi connectivity index (χ4v) is 1.79. The molecule has 0 unspecified atom stereocenters. The van der Waals surface area contributed by atoms with E-state index in [2.05, 4.69) is 34.4 Å². The van der Waals surface area contributed by atoms with Crippen LogP contribution in [0.1, 0.15) is 51.9 Å². The number of aromatic nitrogens is 2. The van der Waals surface area contributed by atoms with Crippen LogP contribution in [0.4, 0.5) is 11.6 Å². The average Bonchev–Trinajstić information content (AvgIpc) is 2.40. The summed E-state index contributed by atoms with van der Waals surface area (Å²) in [5.41, 5.74) is 5.47. The maximum atomic E-state index is 11.5. The van der Waals surface area contributed by atoms with E-state index in [0.717, 1.165) is 43.0 Å². The van der Waals surface area contributed by atoms with Crippen molar-refractivity contribution in [1.82, 2.24) is 9.97 Å². The summed E-state index contributed by atoms with van der Waals surface area (Å²) in [6.07, 6.45) is 2.78. The Morgan fingerprint density at radius 2 is 1.81 bits per heavy atom. The molecule has 0 aliphatic carbocycles. The summed E-state index contributed by atoms with van der Waals surface area (Å²) < 4.78 is 0. The molecule has 1 aromatic rings. The molecule has 6 heteroatoms. The van der Waals surface area contributed by atoms with Gasteiger partial charge in [-0.25, -0.2) is 9.97 Å². The van der Waals surface area contributed by atoms with E-state index in [0.29, 0.717) is 5.82 Å². The van der Waals surface area contributed by atoms with Crippen molar-refractivity contribution in [2.24, 2.45) is 5.73 Å². The molecule has 0 aliphatic heterocycles. The second-order valence-corrected chi connectivity index (χ2v) is 5.75. The van der Waals surface area contributed by atoms with Crippen molar-refractivity contribution in [1.29, 1.82) is 0 Å². The Labute approximate surface area is 126 Å². The molecule has 0 radical (unpaired) electrons. The third kappa shape index (κ3) is 4.58. The molecule has 0 aromatic carbocycles. The molecular formula is C15H27N5O. The van der Waals surface area contributed by atoms with Crippen LogP contribution in [0.5, 0.6) is 0 Å². The van der Waals surface area contributed by atoms with Gasteiger partial charge in [0.25, 0.3) is 0 Å². The van der Waals surface area contributed by atoms with Crippen molar-refractivity contribution in [3.63, 3.8) is 0 Å². The number of hydrogen-bond acceptors (Lipinski definition) is 5. The molecule has 0 saturated carbocycles. The summed E-state index contributed by atoms with van der Waals surface area (Å²) in [7, 11) is 0. The first-order valence-corrected chi connectivity index (χ1v) is 7.51. The lowest BCUT2D eigenvalue weighted by molar-refractivity contribution is -0.121. The van der Waals surface area contributed by atoms with E-state index < -0.39 is 11.4 Å². The molecule has 6 nitrogen and oxygen atoms in total. The highest BCUT2D eigenvalue weighted by molar-refractivity contribution is 5.87. The second kappa shape index (κ2) is 7.24. The molecule has 1 rings (SSSR count). The molecule has 0 aliphatic rings. The first-order chi connectivity index (χ1) is 9.81. The molecule has 0 fully saturated rings. The Bertz CT molecular complexity index is 499. The predicted octanol–water partition coefficient (Wildman–Crippen LogP) is 2.24. The minimum absolute atomic E-state index is 0.416. The Balaban J connectivity index is 3.16. The van der Waals surface area contributed by atoms with Gasteiger partial charge in [-0.2, -0.15) is 0 Å². The van der Waals surface area contributed by atoms with Gasteiger partial charge in [0, 0.05) is 18.5 Å². The van der Waals surface area contributed by atoms with Crippen LogP contribution in [0.15, 0.2) is 0 Å². The number of aryl methyl sites for hydroxylation is 1. The third-order valence-electron chi connectivity index (χ3n) is 3.26. The Morgan fingerprint density at radius 3 is 2.33 bits per heavy atom. The highest BCUT2D eigenvalue weighted by Gasteiger charge is 2.26. The van der Waals surface area contributed by atoms with E-state index >= 15 is 0 Å². The van der Waals surface area contributed by atoms with Crippen molar-refractivity contribution >= 4 is 17.5 Å². The van der Waals surface area contributed by atoms with Crippen LogP contribution < -0.4 is 16.4 Å². The van der Waals surface area contributed by atoms with Gasteiger partial charge in [-0.3, -0.25) is 4.79 Å². The van der Waals surface area contributed by atoms with Gasteiger partial charge in [0.15, 0.2) is 0 Å².